The third-order valence-electron chi connectivity index (χ3n) is 2.37. The van der Waals surface area contributed by atoms with Crippen molar-refractivity contribution in [3.8, 4) is 0 Å². The Morgan fingerprint density at radius 2 is 1.40 bits per heavy atom. The van der Waals surface area contributed by atoms with Crippen LogP contribution in [0.25, 0.3) is 0 Å². The van der Waals surface area contributed by atoms with Crippen LogP contribution < -0.4 is 0 Å². The van der Waals surface area contributed by atoms with Crippen molar-refractivity contribution >= 4 is 18.0 Å². The lowest BCUT2D eigenvalue weighted by Crippen LogP contribution is -2.41. The van der Waals surface area contributed by atoms with Crippen LogP contribution in [0.1, 0.15) is 26.7 Å². The number of esters is 1. The van der Waals surface area contributed by atoms with Crippen molar-refractivity contribution in [2.75, 3.05) is 40.4 Å². The first-order valence-electron chi connectivity index (χ1n) is 6.69. The lowest BCUT2D eigenvalue weighted by atomic mass is 10.4. The monoisotopic (exact) mass is 288 g/mol. The average Bonchev–Trinajstić information content (AvgIpc) is 2.41. The Kier molecular flexibility index (Phi) is 9.15. The number of amides is 2. The standard InChI is InChI=1S/C13H24N2O5/c1-5-7-19-12(17)10-14(3)11(16)9-15(4)13(18)20-8-6-2/h5-10H2,1-4H3. The van der Waals surface area contributed by atoms with E-state index in [-0.39, 0.29) is 19.0 Å². The fourth-order valence-corrected chi connectivity index (χ4v) is 1.23. The van der Waals surface area contributed by atoms with E-state index >= 15 is 0 Å². The minimum absolute atomic E-state index is 0.128. The second-order valence-electron chi connectivity index (χ2n) is 4.44. The molecule has 0 aliphatic carbocycles. The van der Waals surface area contributed by atoms with Crippen LogP contribution >= 0.6 is 0 Å². The van der Waals surface area contributed by atoms with Gasteiger partial charge in [-0.25, -0.2) is 4.79 Å². The summed E-state index contributed by atoms with van der Waals surface area (Å²) in [7, 11) is 2.96. The third kappa shape index (κ3) is 7.60. The Morgan fingerprint density at radius 3 is 1.95 bits per heavy atom. The molecule has 0 aliphatic heterocycles. The summed E-state index contributed by atoms with van der Waals surface area (Å²) in [5, 5.41) is 0. The Morgan fingerprint density at radius 1 is 0.850 bits per heavy atom. The molecular formula is C13H24N2O5. The van der Waals surface area contributed by atoms with Crippen LogP contribution in [0.5, 0.6) is 0 Å². The van der Waals surface area contributed by atoms with E-state index in [0.717, 1.165) is 12.8 Å². The first-order valence-corrected chi connectivity index (χ1v) is 6.69. The van der Waals surface area contributed by atoms with E-state index in [9.17, 15) is 14.4 Å². The van der Waals surface area contributed by atoms with Crippen LogP contribution in [0.4, 0.5) is 4.79 Å². The molecule has 2 amide bonds. The normalized spacial score (nSPS) is 9.80. The number of likely N-dealkylation sites (N-methyl/N-ethyl adjacent to an activating group) is 2. The molecule has 0 radical (unpaired) electrons. The van der Waals surface area contributed by atoms with E-state index in [2.05, 4.69) is 0 Å². The Bertz CT molecular complexity index is 333. The maximum Gasteiger partial charge on any atom is 0.409 e. The number of ether oxygens (including phenoxy) is 2. The zero-order valence-corrected chi connectivity index (χ0v) is 12.7. The summed E-state index contributed by atoms with van der Waals surface area (Å²) >= 11 is 0. The molecule has 20 heavy (non-hydrogen) atoms. The molecule has 0 aromatic rings. The maximum atomic E-state index is 11.8. The molecule has 0 spiro atoms. The SMILES string of the molecule is CCCOC(=O)CN(C)C(=O)CN(C)C(=O)OCCC. The van der Waals surface area contributed by atoms with Gasteiger partial charge in [-0.2, -0.15) is 0 Å². The summed E-state index contributed by atoms with van der Waals surface area (Å²) < 4.78 is 9.77. The average molecular weight is 288 g/mol. The number of carbonyl (C=O) groups is 3. The van der Waals surface area contributed by atoms with E-state index < -0.39 is 12.1 Å². The van der Waals surface area contributed by atoms with Crippen molar-refractivity contribution in [3.63, 3.8) is 0 Å². The number of carbonyl (C=O) groups excluding carboxylic acids is 3. The number of hydrogen-bond donors (Lipinski definition) is 0. The smallest absolute Gasteiger partial charge is 0.409 e. The van der Waals surface area contributed by atoms with Crippen molar-refractivity contribution in [2.24, 2.45) is 0 Å². The molecule has 0 fully saturated rings. The quantitative estimate of drug-likeness (QED) is 0.620. The van der Waals surface area contributed by atoms with E-state index in [1.54, 1.807) is 0 Å². The molecule has 7 heteroatoms. The predicted octanol–water partition coefficient (Wildman–Crippen LogP) is 0.876. The van der Waals surface area contributed by atoms with Crippen molar-refractivity contribution in [3.05, 3.63) is 0 Å². The van der Waals surface area contributed by atoms with Crippen LogP contribution in [-0.4, -0.2) is 68.2 Å². The highest BCUT2D eigenvalue weighted by Crippen LogP contribution is 1.95. The Balaban J connectivity index is 4.11. The highest BCUT2D eigenvalue weighted by molar-refractivity contribution is 5.85. The predicted molar refractivity (Wildman–Crippen MR) is 73.2 cm³/mol. The van der Waals surface area contributed by atoms with Crippen LogP contribution in [0.15, 0.2) is 0 Å². The van der Waals surface area contributed by atoms with Gasteiger partial charge in [-0.15, -0.1) is 0 Å². The van der Waals surface area contributed by atoms with Gasteiger partial charge in [-0.3, -0.25) is 9.59 Å². The maximum absolute atomic E-state index is 11.8. The van der Waals surface area contributed by atoms with Crippen molar-refractivity contribution in [2.45, 2.75) is 26.7 Å². The van der Waals surface area contributed by atoms with Crippen LogP contribution in [0.3, 0.4) is 0 Å². The van der Waals surface area contributed by atoms with Crippen molar-refractivity contribution < 1.29 is 23.9 Å². The summed E-state index contributed by atoms with van der Waals surface area (Å²) in [4.78, 5) is 37.0. The molecule has 0 bridgehead atoms. The third-order valence-corrected chi connectivity index (χ3v) is 2.37. The van der Waals surface area contributed by atoms with Gasteiger partial charge in [-0.05, 0) is 12.8 Å². The lowest BCUT2D eigenvalue weighted by molar-refractivity contribution is -0.148. The first kappa shape index (κ1) is 18.2. The molecule has 0 N–H and O–H groups in total. The molecular weight excluding hydrogens is 264 g/mol. The molecule has 0 aliphatic rings. The molecule has 0 saturated carbocycles. The highest BCUT2D eigenvalue weighted by Gasteiger charge is 2.18. The van der Waals surface area contributed by atoms with E-state index in [4.69, 9.17) is 9.47 Å². The summed E-state index contributed by atoms with van der Waals surface area (Å²) in [6.07, 6.45) is 0.897. The van der Waals surface area contributed by atoms with Gasteiger partial charge in [0.15, 0.2) is 0 Å². The van der Waals surface area contributed by atoms with Gasteiger partial charge in [-0.1, -0.05) is 13.8 Å². The van der Waals surface area contributed by atoms with Gasteiger partial charge in [0.1, 0.15) is 13.1 Å². The fourth-order valence-electron chi connectivity index (χ4n) is 1.23. The summed E-state index contributed by atoms with van der Waals surface area (Å²) in [5.41, 5.74) is 0. The Labute approximate surface area is 119 Å². The molecule has 0 aromatic carbocycles. The topological polar surface area (TPSA) is 76.2 Å². The molecule has 7 nitrogen and oxygen atoms in total. The number of nitrogens with zero attached hydrogens (tertiary/aromatic N) is 2. The number of hydrogen-bond acceptors (Lipinski definition) is 5. The van der Waals surface area contributed by atoms with Crippen LogP contribution in [-0.2, 0) is 19.1 Å². The van der Waals surface area contributed by atoms with Gasteiger partial charge in [0, 0.05) is 14.1 Å². The molecule has 116 valence electrons. The summed E-state index contributed by atoms with van der Waals surface area (Å²) in [5.74, 6) is -0.812. The van der Waals surface area contributed by atoms with E-state index in [1.165, 1.54) is 23.9 Å². The minimum Gasteiger partial charge on any atom is -0.464 e. The van der Waals surface area contributed by atoms with Crippen LogP contribution in [0, 0.1) is 0 Å². The van der Waals surface area contributed by atoms with Crippen LogP contribution in [0.2, 0.25) is 0 Å². The molecule has 0 aromatic heterocycles. The summed E-state index contributed by atoms with van der Waals surface area (Å²) in [6, 6.07) is 0. The Hall–Kier alpha value is -1.79. The van der Waals surface area contributed by atoms with Gasteiger partial charge in [0.05, 0.1) is 13.2 Å². The van der Waals surface area contributed by atoms with E-state index in [0.29, 0.717) is 13.2 Å². The van der Waals surface area contributed by atoms with Gasteiger partial charge >= 0.3 is 12.1 Å². The minimum atomic E-state index is -0.554. The largest absolute Gasteiger partial charge is 0.464 e. The summed E-state index contributed by atoms with van der Waals surface area (Å²) in [6.45, 7) is 4.16. The number of rotatable bonds is 8. The van der Waals surface area contributed by atoms with Gasteiger partial charge in [0.2, 0.25) is 5.91 Å². The molecule has 0 saturated heterocycles. The molecule has 0 heterocycles. The van der Waals surface area contributed by atoms with E-state index in [1.807, 2.05) is 13.8 Å². The first-order chi connectivity index (χ1) is 9.42. The fraction of sp³-hybridized carbons (Fsp3) is 0.769. The molecule has 0 atom stereocenters. The van der Waals surface area contributed by atoms with Crippen molar-refractivity contribution in [1.29, 1.82) is 0 Å². The van der Waals surface area contributed by atoms with Crippen molar-refractivity contribution in [1.82, 2.24) is 9.80 Å². The zero-order chi connectivity index (χ0) is 15.5. The zero-order valence-electron chi connectivity index (χ0n) is 12.7. The second kappa shape index (κ2) is 10.1. The van der Waals surface area contributed by atoms with Gasteiger partial charge in [0.25, 0.3) is 0 Å². The molecule has 0 rings (SSSR count). The molecule has 0 unspecified atom stereocenters. The highest BCUT2D eigenvalue weighted by atomic mass is 16.6. The van der Waals surface area contributed by atoms with Gasteiger partial charge < -0.3 is 19.3 Å². The lowest BCUT2D eigenvalue weighted by Gasteiger charge is -2.21. The second-order valence-corrected chi connectivity index (χ2v) is 4.44.